The lowest BCUT2D eigenvalue weighted by molar-refractivity contribution is -0.136. The molecule has 27 heavy (non-hydrogen) atoms. The van der Waals surface area contributed by atoms with Crippen molar-refractivity contribution in [2.45, 2.75) is 31.9 Å². The molecule has 1 N–H and O–H groups in total. The molecule has 3 aromatic rings. The Morgan fingerprint density at radius 1 is 1.41 bits per heavy atom. The van der Waals surface area contributed by atoms with Gasteiger partial charge in [0.05, 0.1) is 28.5 Å². The van der Waals surface area contributed by atoms with Gasteiger partial charge in [0, 0.05) is 19.0 Å². The van der Waals surface area contributed by atoms with Crippen LogP contribution in [-0.2, 0) is 6.18 Å². The molecule has 0 radical (unpaired) electrons. The maximum atomic E-state index is 13.5. The summed E-state index contributed by atoms with van der Waals surface area (Å²) in [7, 11) is 0. The van der Waals surface area contributed by atoms with Crippen LogP contribution in [-0.4, -0.2) is 49.4 Å². The summed E-state index contributed by atoms with van der Waals surface area (Å²) >= 11 is 0. The topological polar surface area (TPSA) is 101 Å². The number of carbonyl (C=O) groups is 1. The molecule has 4 rings (SSSR count). The highest BCUT2D eigenvalue weighted by atomic mass is 19.4. The number of piperidine rings is 1. The molecule has 0 aromatic carbocycles. The van der Waals surface area contributed by atoms with E-state index in [2.05, 4.69) is 25.6 Å². The van der Waals surface area contributed by atoms with Crippen LogP contribution < -0.4 is 0 Å². The van der Waals surface area contributed by atoms with Crippen LogP contribution in [0.2, 0.25) is 0 Å². The molecule has 4 heterocycles. The van der Waals surface area contributed by atoms with Gasteiger partial charge in [-0.15, -0.1) is 0 Å². The maximum absolute atomic E-state index is 13.5. The second-order valence-electron chi connectivity index (χ2n) is 6.49. The molecule has 0 saturated carbocycles. The molecule has 0 spiro atoms. The number of likely N-dealkylation sites (tertiary alicyclic amines) is 1. The number of carbonyl (C=O) groups excluding carboxylic acids is 1. The number of fused-ring (bicyclic) bond motifs is 1. The van der Waals surface area contributed by atoms with E-state index in [9.17, 15) is 18.0 Å². The van der Waals surface area contributed by atoms with Gasteiger partial charge in [-0.2, -0.15) is 28.6 Å². The molecule has 142 valence electrons. The van der Waals surface area contributed by atoms with Crippen LogP contribution in [0.4, 0.5) is 13.2 Å². The van der Waals surface area contributed by atoms with E-state index in [4.69, 9.17) is 4.52 Å². The molecule has 8 nitrogen and oxygen atoms in total. The summed E-state index contributed by atoms with van der Waals surface area (Å²) in [6, 6.07) is 1.04. The zero-order valence-corrected chi connectivity index (χ0v) is 14.2. The molecule has 1 aliphatic heterocycles. The van der Waals surface area contributed by atoms with Crippen LogP contribution in [0.3, 0.4) is 0 Å². The Balaban J connectivity index is 1.68. The van der Waals surface area contributed by atoms with E-state index in [-0.39, 0.29) is 46.6 Å². The van der Waals surface area contributed by atoms with E-state index < -0.39 is 11.7 Å². The van der Waals surface area contributed by atoms with E-state index >= 15 is 0 Å². The fourth-order valence-corrected chi connectivity index (χ4v) is 3.42. The van der Waals surface area contributed by atoms with Gasteiger partial charge in [0.25, 0.3) is 11.6 Å². The van der Waals surface area contributed by atoms with Gasteiger partial charge in [-0.05, 0) is 25.8 Å². The predicted octanol–water partition coefficient (Wildman–Crippen LogP) is 2.69. The van der Waals surface area contributed by atoms with Crippen LogP contribution in [0, 0.1) is 6.92 Å². The molecule has 11 heteroatoms. The van der Waals surface area contributed by atoms with Crippen molar-refractivity contribution in [2.24, 2.45) is 0 Å². The first-order valence-corrected chi connectivity index (χ1v) is 8.33. The van der Waals surface area contributed by atoms with Gasteiger partial charge >= 0.3 is 6.18 Å². The van der Waals surface area contributed by atoms with Crippen molar-refractivity contribution in [3.05, 3.63) is 34.9 Å². The summed E-state index contributed by atoms with van der Waals surface area (Å²) in [4.78, 5) is 18.3. The summed E-state index contributed by atoms with van der Waals surface area (Å²) in [6.07, 6.45) is -1.98. The molecular formula is C16H15F3N6O2. The number of pyridine rings is 1. The highest BCUT2D eigenvalue weighted by Gasteiger charge is 2.37. The Kier molecular flexibility index (Phi) is 4.08. The molecule has 3 aromatic heterocycles. The Bertz CT molecular complexity index is 982. The molecular weight excluding hydrogens is 365 g/mol. The number of rotatable bonds is 2. The molecule has 1 atom stereocenters. The summed E-state index contributed by atoms with van der Waals surface area (Å²) in [6.45, 7) is 2.19. The first-order chi connectivity index (χ1) is 12.8. The van der Waals surface area contributed by atoms with Crippen molar-refractivity contribution < 1.29 is 22.5 Å². The lowest BCUT2D eigenvalue weighted by Crippen LogP contribution is -2.39. The highest BCUT2D eigenvalue weighted by Crippen LogP contribution is 2.38. The van der Waals surface area contributed by atoms with Crippen LogP contribution in [0.1, 0.15) is 46.2 Å². The van der Waals surface area contributed by atoms with Gasteiger partial charge in [-0.3, -0.25) is 4.79 Å². The lowest BCUT2D eigenvalue weighted by Gasteiger charge is -2.32. The fraction of sp³-hybridized carbons (Fsp3) is 0.438. The van der Waals surface area contributed by atoms with Gasteiger partial charge in [0.15, 0.2) is 5.69 Å². The zero-order chi connectivity index (χ0) is 19.2. The van der Waals surface area contributed by atoms with Crippen LogP contribution in [0.5, 0.6) is 0 Å². The van der Waals surface area contributed by atoms with Gasteiger partial charge in [0.1, 0.15) is 0 Å². The van der Waals surface area contributed by atoms with Crippen LogP contribution in [0.15, 0.2) is 16.8 Å². The third-order valence-electron chi connectivity index (χ3n) is 4.70. The molecule has 0 bridgehead atoms. The van der Waals surface area contributed by atoms with Crippen LogP contribution >= 0.6 is 0 Å². The minimum atomic E-state index is -4.56. The molecule has 1 aliphatic rings. The van der Waals surface area contributed by atoms with Crippen molar-refractivity contribution >= 4 is 17.0 Å². The predicted molar refractivity (Wildman–Crippen MR) is 85.8 cm³/mol. The van der Waals surface area contributed by atoms with Crippen molar-refractivity contribution in [1.29, 1.82) is 0 Å². The maximum Gasteiger partial charge on any atom is 0.417 e. The van der Waals surface area contributed by atoms with E-state index in [0.717, 1.165) is 6.07 Å². The summed E-state index contributed by atoms with van der Waals surface area (Å²) in [5.41, 5.74) is -0.411. The number of nitrogens with zero attached hydrogens (tertiary/aromatic N) is 5. The number of halogens is 3. The zero-order valence-electron chi connectivity index (χ0n) is 14.2. The monoisotopic (exact) mass is 380 g/mol. The Morgan fingerprint density at radius 2 is 2.22 bits per heavy atom. The van der Waals surface area contributed by atoms with Gasteiger partial charge in [0.2, 0.25) is 0 Å². The number of aryl methyl sites for hydroxylation is 1. The quantitative estimate of drug-likeness (QED) is 0.734. The summed E-state index contributed by atoms with van der Waals surface area (Å²) in [5.74, 6) is -0.661. The fourth-order valence-electron chi connectivity index (χ4n) is 3.42. The van der Waals surface area contributed by atoms with Gasteiger partial charge in [-0.1, -0.05) is 5.16 Å². The highest BCUT2D eigenvalue weighted by molar-refractivity contribution is 5.92. The molecule has 1 amide bonds. The number of hydrogen-bond donors (Lipinski definition) is 1. The minimum absolute atomic E-state index is 0.127. The first-order valence-electron chi connectivity index (χ1n) is 8.33. The summed E-state index contributed by atoms with van der Waals surface area (Å²) < 4.78 is 45.6. The first kappa shape index (κ1) is 17.4. The van der Waals surface area contributed by atoms with E-state index in [1.807, 2.05) is 0 Å². The summed E-state index contributed by atoms with van der Waals surface area (Å²) in [5, 5.41) is 13.2. The number of amides is 1. The number of aromatic nitrogens is 5. The van der Waals surface area contributed by atoms with Crippen molar-refractivity contribution in [3.63, 3.8) is 0 Å². The largest absolute Gasteiger partial charge is 0.417 e. The van der Waals surface area contributed by atoms with Crippen molar-refractivity contribution in [3.8, 4) is 0 Å². The van der Waals surface area contributed by atoms with Crippen molar-refractivity contribution in [1.82, 2.24) is 30.5 Å². The SMILES string of the molecule is Cc1noc2nc([C@@H]3CCCN(C(=O)c4cn[nH]n4)C3)cc(C(F)(F)F)c12. The lowest BCUT2D eigenvalue weighted by atomic mass is 9.92. The minimum Gasteiger partial charge on any atom is -0.337 e. The average Bonchev–Trinajstić information content (AvgIpc) is 3.30. The van der Waals surface area contributed by atoms with E-state index in [1.54, 1.807) is 4.90 Å². The molecule has 0 aliphatic carbocycles. The van der Waals surface area contributed by atoms with Crippen molar-refractivity contribution in [2.75, 3.05) is 13.1 Å². The molecule has 0 unspecified atom stereocenters. The van der Waals surface area contributed by atoms with E-state index in [1.165, 1.54) is 13.1 Å². The third kappa shape index (κ3) is 3.13. The molecule has 1 saturated heterocycles. The van der Waals surface area contributed by atoms with Crippen LogP contribution in [0.25, 0.3) is 11.1 Å². The number of hydrogen-bond acceptors (Lipinski definition) is 6. The number of aromatic amines is 1. The van der Waals surface area contributed by atoms with E-state index in [0.29, 0.717) is 19.4 Å². The average molecular weight is 380 g/mol. The second kappa shape index (κ2) is 6.32. The normalized spacial score (nSPS) is 18.2. The second-order valence-corrected chi connectivity index (χ2v) is 6.49. The number of H-pyrrole nitrogens is 1. The molecule has 1 fully saturated rings. The smallest absolute Gasteiger partial charge is 0.337 e. The van der Waals surface area contributed by atoms with Gasteiger partial charge < -0.3 is 9.42 Å². The van der Waals surface area contributed by atoms with Gasteiger partial charge in [-0.25, -0.2) is 4.98 Å². The number of alkyl halides is 3. The Hall–Kier alpha value is -2.98. The standard InChI is InChI=1S/C16H15F3N6O2/c1-8-13-10(16(17,18)19)5-11(21-14(13)27-23-8)9-3-2-4-25(7-9)15(26)12-6-20-24-22-12/h5-6,9H,2-4,7H2,1H3,(H,20,22,24)/t9-/m1/s1. The number of nitrogens with one attached hydrogen (secondary N) is 1. The third-order valence-corrected chi connectivity index (χ3v) is 4.70. The Morgan fingerprint density at radius 3 is 2.93 bits per heavy atom. The Labute approximate surface area is 150 Å².